The van der Waals surface area contributed by atoms with Gasteiger partial charge in [0.15, 0.2) is 0 Å². The Bertz CT molecular complexity index is 516. The average Bonchev–Trinajstić information content (AvgIpc) is 2.37. The number of carbonyl (C=O) groups excluding carboxylic acids is 1. The van der Waals surface area contributed by atoms with Crippen LogP contribution in [0.5, 0.6) is 5.75 Å². The van der Waals surface area contributed by atoms with E-state index in [1.54, 1.807) is 18.2 Å². The van der Waals surface area contributed by atoms with Gasteiger partial charge in [0, 0.05) is 11.8 Å². The summed E-state index contributed by atoms with van der Waals surface area (Å²) in [6, 6.07) is 6.86. The Morgan fingerprint density at radius 1 is 1.10 bits per heavy atom. The quantitative estimate of drug-likeness (QED) is 0.864. The van der Waals surface area contributed by atoms with E-state index >= 15 is 0 Å². The smallest absolute Gasteiger partial charge is 0.230 e. The predicted octanol–water partition coefficient (Wildman–Crippen LogP) is 3.55. The second kappa shape index (κ2) is 4.24. The second-order valence-electron chi connectivity index (χ2n) is 7.20. The zero-order valence-electron chi connectivity index (χ0n) is 11.6. The number of carbonyl (C=O) groups is 1. The van der Waals surface area contributed by atoms with Gasteiger partial charge >= 0.3 is 0 Å². The summed E-state index contributed by atoms with van der Waals surface area (Å²) in [6.07, 6.45) is 7.26. The van der Waals surface area contributed by atoms with Gasteiger partial charge in [0.1, 0.15) is 5.75 Å². The molecule has 20 heavy (non-hydrogen) atoms. The van der Waals surface area contributed by atoms with Gasteiger partial charge in [0.25, 0.3) is 0 Å². The van der Waals surface area contributed by atoms with Crippen molar-refractivity contribution in [1.82, 2.24) is 0 Å². The van der Waals surface area contributed by atoms with Gasteiger partial charge in [-0.3, -0.25) is 4.79 Å². The standard InChI is InChI=1S/C17H21NO2/c19-15-3-1-2-14(7-15)18-16(20)17-8-11-4-12(9-17)6-13(5-11)10-17/h1-3,7,11-13,19H,4-6,8-10H2,(H,18,20). The van der Waals surface area contributed by atoms with Crippen molar-refractivity contribution in [2.24, 2.45) is 23.2 Å². The SMILES string of the molecule is O=C(Nc1cccc(O)c1)C12CC3CC(CC(C3)C1)C2. The molecule has 0 spiro atoms. The van der Waals surface area contributed by atoms with E-state index in [2.05, 4.69) is 5.32 Å². The third-order valence-electron chi connectivity index (χ3n) is 5.62. The van der Waals surface area contributed by atoms with Crippen molar-refractivity contribution in [2.45, 2.75) is 38.5 Å². The van der Waals surface area contributed by atoms with E-state index in [0.717, 1.165) is 37.0 Å². The largest absolute Gasteiger partial charge is 0.508 e. The van der Waals surface area contributed by atoms with Crippen LogP contribution in [0.1, 0.15) is 38.5 Å². The first-order valence-electron chi connectivity index (χ1n) is 7.73. The number of rotatable bonds is 2. The average molecular weight is 271 g/mol. The van der Waals surface area contributed by atoms with Gasteiger partial charge in [0.2, 0.25) is 5.91 Å². The number of benzene rings is 1. The van der Waals surface area contributed by atoms with Crippen LogP contribution in [0, 0.1) is 23.2 Å². The van der Waals surface area contributed by atoms with E-state index in [4.69, 9.17) is 0 Å². The molecule has 4 aliphatic rings. The molecule has 1 aromatic carbocycles. The minimum atomic E-state index is -0.125. The van der Waals surface area contributed by atoms with Crippen molar-refractivity contribution in [3.63, 3.8) is 0 Å². The molecule has 106 valence electrons. The fourth-order valence-corrected chi connectivity index (χ4v) is 5.24. The summed E-state index contributed by atoms with van der Waals surface area (Å²) in [4.78, 5) is 12.8. The van der Waals surface area contributed by atoms with Gasteiger partial charge in [-0.1, -0.05) is 6.07 Å². The molecule has 2 N–H and O–H groups in total. The second-order valence-corrected chi connectivity index (χ2v) is 7.20. The first kappa shape index (κ1) is 12.2. The summed E-state index contributed by atoms with van der Waals surface area (Å²) in [5.74, 6) is 2.71. The maximum atomic E-state index is 12.8. The van der Waals surface area contributed by atoms with E-state index in [9.17, 15) is 9.90 Å². The van der Waals surface area contributed by atoms with E-state index in [0.29, 0.717) is 5.69 Å². The van der Waals surface area contributed by atoms with Gasteiger partial charge < -0.3 is 10.4 Å². The summed E-state index contributed by atoms with van der Waals surface area (Å²) >= 11 is 0. The van der Waals surface area contributed by atoms with Crippen LogP contribution in [0.3, 0.4) is 0 Å². The van der Waals surface area contributed by atoms with Crippen LogP contribution < -0.4 is 5.32 Å². The predicted molar refractivity (Wildman–Crippen MR) is 77.3 cm³/mol. The van der Waals surface area contributed by atoms with Crippen LogP contribution in [0.25, 0.3) is 0 Å². The van der Waals surface area contributed by atoms with Crippen LogP contribution in [-0.2, 0) is 4.79 Å². The summed E-state index contributed by atoms with van der Waals surface area (Å²) in [5.41, 5.74) is 0.589. The van der Waals surface area contributed by atoms with Gasteiger partial charge in [-0.25, -0.2) is 0 Å². The molecular formula is C17H21NO2. The van der Waals surface area contributed by atoms with Gasteiger partial charge in [0.05, 0.1) is 5.41 Å². The summed E-state index contributed by atoms with van der Waals surface area (Å²) in [7, 11) is 0. The topological polar surface area (TPSA) is 49.3 Å². The molecule has 1 amide bonds. The lowest BCUT2D eigenvalue weighted by Crippen LogP contribution is -2.51. The molecule has 0 aliphatic heterocycles. The number of amides is 1. The lowest BCUT2D eigenvalue weighted by molar-refractivity contribution is -0.140. The minimum absolute atomic E-state index is 0.125. The number of aromatic hydroxyl groups is 1. The van der Waals surface area contributed by atoms with E-state index in [1.165, 1.54) is 19.3 Å². The number of nitrogens with one attached hydrogen (secondary N) is 1. The molecule has 0 radical (unpaired) electrons. The van der Waals surface area contributed by atoms with Crippen molar-refractivity contribution < 1.29 is 9.90 Å². The number of phenols is 1. The first-order chi connectivity index (χ1) is 9.63. The van der Waals surface area contributed by atoms with E-state index < -0.39 is 0 Å². The molecule has 0 saturated heterocycles. The zero-order valence-corrected chi connectivity index (χ0v) is 11.6. The van der Waals surface area contributed by atoms with E-state index in [1.807, 2.05) is 6.07 Å². The highest BCUT2D eigenvalue weighted by atomic mass is 16.3. The van der Waals surface area contributed by atoms with Gasteiger partial charge in [-0.05, 0) is 68.4 Å². The third-order valence-corrected chi connectivity index (χ3v) is 5.62. The molecule has 4 saturated carbocycles. The summed E-state index contributed by atoms with van der Waals surface area (Å²) in [6.45, 7) is 0. The fraction of sp³-hybridized carbons (Fsp3) is 0.588. The summed E-state index contributed by atoms with van der Waals surface area (Å²) < 4.78 is 0. The monoisotopic (exact) mass is 271 g/mol. The van der Waals surface area contributed by atoms with Crippen molar-refractivity contribution in [1.29, 1.82) is 0 Å². The van der Waals surface area contributed by atoms with Crippen LogP contribution in [-0.4, -0.2) is 11.0 Å². The Hall–Kier alpha value is -1.51. The van der Waals surface area contributed by atoms with Crippen LogP contribution in [0.2, 0.25) is 0 Å². The molecule has 0 heterocycles. The van der Waals surface area contributed by atoms with Crippen molar-refractivity contribution >= 4 is 11.6 Å². The molecule has 0 unspecified atom stereocenters. The van der Waals surface area contributed by atoms with Crippen molar-refractivity contribution in [3.8, 4) is 5.75 Å². The zero-order chi connectivity index (χ0) is 13.7. The number of hydrogen-bond donors (Lipinski definition) is 2. The van der Waals surface area contributed by atoms with Crippen LogP contribution in [0.4, 0.5) is 5.69 Å². The maximum absolute atomic E-state index is 12.8. The van der Waals surface area contributed by atoms with Crippen molar-refractivity contribution in [2.75, 3.05) is 5.32 Å². The Morgan fingerprint density at radius 2 is 1.70 bits per heavy atom. The Balaban J connectivity index is 1.56. The van der Waals surface area contributed by atoms with Crippen molar-refractivity contribution in [3.05, 3.63) is 24.3 Å². The number of hydrogen-bond acceptors (Lipinski definition) is 2. The normalized spacial score (nSPS) is 37.9. The van der Waals surface area contributed by atoms with E-state index in [-0.39, 0.29) is 17.1 Å². The van der Waals surface area contributed by atoms with Crippen LogP contribution >= 0.6 is 0 Å². The summed E-state index contributed by atoms with van der Waals surface area (Å²) in [5, 5.41) is 12.5. The maximum Gasteiger partial charge on any atom is 0.230 e. The molecule has 3 nitrogen and oxygen atoms in total. The lowest BCUT2D eigenvalue weighted by atomic mass is 9.49. The highest BCUT2D eigenvalue weighted by Crippen LogP contribution is 2.60. The Labute approximate surface area is 119 Å². The number of anilines is 1. The fourth-order valence-electron chi connectivity index (χ4n) is 5.24. The molecule has 3 heteroatoms. The molecule has 4 bridgehead atoms. The Morgan fingerprint density at radius 3 is 2.25 bits per heavy atom. The molecule has 0 aromatic heterocycles. The highest BCUT2D eigenvalue weighted by molar-refractivity contribution is 5.95. The first-order valence-corrected chi connectivity index (χ1v) is 7.73. The van der Waals surface area contributed by atoms with Gasteiger partial charge in [-0.15, -0.1) is 0 Å². The molecule has 1 aromatic rings. The Kier molecular flexibility index (Phi) is 2.60. The number of phenolic OH excluding ortho intramolecular Hbond substituents is 1. The molecule has 4 aliphatic carbocycles. The van der Waals surface area contributed by atoms with Gasteiger partial charge in [-0.2, -0.15) is 0 Å². The molecule has 0 atom stereocenters. The third kappa shape index (κ3) is 1.91. The molecule has 4 fully saturated rings. The lowest BCUT2D eigenvalue weighted by Gasteiger charge is -2.55. The minimum Gasteiger partial charge on any atom is -0.508 e. The highest BCUT2D eigenvalue weighted by Gasteiger charge is 2.54. The molecular weight excluding hydrogens is 250 g/mol. The van der Waals surface area contributed by atoms with Crippen LogP contribution in [0.15, 0.2) is 24.3 Å². The molecule has 5 rings (SSSR count).